The summed E-state index contributed by atoms with van der Waals surface area (Å²) in [6, 6.07) is 26.9. The van der Waals surface area contributed by atoms with Gasteiger partial charge in [0.1, 0.15) is 4.53 Å². The number of rotatable bonds is 3. The number of aromatic nitrogens is 3. The zero-order chi connectivity index (χ0) is 21.7. The molecule has 1 amide bonds. The maximum atomic E-state index is 13.5. The summed E-state index contributed by atoms with van der Waals surface area (Å²) in [5.74, 6) is 0.314. The molecule has 0 spiro atoms. The average Bonchev–Trinajstić information content (AvgIpc) is 3.47. The van der Waals surface area contributed by atoms with Crippen molar-refractivity contribution in [3.63, 3.8) is 0 Å². The molecule has 0 bridgehead atoms. The van der Waals surface area contributed by atoms with Crippen molar-refractivity contribution < 1.29 is 4.79 Å². The number of carbonyl (C=O) groups excluding carboxylic acids is 1. The number of para-hydroxylation sites is 1. The van der Waals surface area contributed by atoms with Crippen molar-refractivity contribution in [1.29, 1.82) is 0 Å². The van der Waals surface area contributed by atoms with E-state index < -0.39 is 0 Å². The number of thiazole rings is 1. The van der Waals surface area contributed by atoms with Gasteiger partial charge in [0.2, 0.25) is 4.96 Å². The number of fused-ring (bicyclic) bond motifs is 2. The Morgan fingerprint density at radius 1 is 0.812 bits per heavy atom. The Balaban J connectivity index is 1.52. The summed E-state index contributed by atoms with van der Waals surface area (Å²) < 4.78 is 1.66. The van der Waals surface area contributed by atoms with Crippen molar-refractivity contribution in [3.05, 3.63) is 111 Å². The first-order chi connectivity index (χ1) is 15.7. The van der Waals surface area contributed by atoms with Gasteiger partial charge in [-0.2, -0.15) is 9.50 Å². The zero-order valence-corrected chi connectivity index (χ0v) is 17.6. The highest BCUT2D eigenvalue weighted by molar-refractivity contribution is 7.15. The van der Waals surface area contributed by atoms with Crippen LogP contribution in [0.25, 0.3) is 21.9 Å². The van der Waals surface area contributed by atoms with Crippen LogP contribution in [0.15, 0.2) is 89.7 Å². The lowest BCUT2D eigenvalue weighted by Crippen LogP contribution is -2.32. The molecule has 0 atom stereocenters. The van der Waals surface area contributed by atoms with Gasteiger partial charge in [0.05, 0.1) is 17.8 Å². The lowest BCUT2D eigenvalue weighted by atomic mass is 10.1. The van der Waals surface area contributed by atoms with Crippen molar-refractivity contribution in [2.75, 3.05) is 4.90 Å². The molecule has 0 aliphatic carbocycles. The molecule has 0 saturated heterocycles. The van der Waals surface area contributed by atoms with Crippen LogP contribution in [-0.2, 0) is 11.3 Å². The standard InChI is InChI=1S/C25H16N4O2S/c30-23-20(18-13-7-8-14-19(18)28(23)15-16-9-3-1-4-10-16)21-24(31)29-25(32-21)26-22(27-29)17-11-5-2-6-12-17/h1-14H,15H2/b21-20-. The highest BCUT2D eigenvalue weighted by Gasteiger charge is 2.34. The summed E-state index contributed by atoms with van der Waals surface area (Å²) in [6.45, 7) is 0.438. The number of hydrogen-bond acceptors (Lipinski definition) is 5. The maximum Gasteiger partial charge on any atom is 0.291 e. The molecule has 1 aliphatic rings. The lowest BCUT2D eigenvalue weighted by molar-refractivity contribution is -0.113. The van der Waals surface area contributed by atoms with Crippen LogP contribution in [0.4, 0.5) is 5.69 Å². The summed E-state index contributed by atoms with van der Waals surface area (Å²) in [7, 11) is 0. The number of amides is 1. The number of carbonyl (C=O) groups is 1. The topological polar surface area (TPSA) is 67.6 Å². The third-order valence-corrected chi connectivity index (χ3v) is 6.55. The van der Waals surface area contributed by atoms with E-state index in [0.717, 1.165) is 22.4 Å². The van der Waals surface area contributed by atoms with Crippen LogP contribution < -0.4 is 15.0 Å². The molecule has 3 aromatic carbocycles. The van der Waals surface area contributed by atoms with E-state index in [1.54, 1.807) is 4.90 Å². The molecule has 0 fully saturated rings. The normalized spacial score (nSPS) is 14.9. The van der Waals surface area contributed by atoms with Crippen molar-refractivity contribution in [3.8, 4) is 11.4 Å². The van der Waals surface area contributed by atoms with Gasteiger partial charge in [-0.1, -0.05) is 90.2 Å². The monoisotopic (exact) mass is 436 g/mol. The minimum atomic E-state index is -0.320. The second kappa shape index (κ2) is 7.25. The summed E-state index contributed by atoms with van der Waals surface area (Å²) in [5.41, 5.74) is 3.53. The predicted molar refractivity (Wildman–Crippen MR) is 124 cm³/mol. The van der Waals surface area contributed by atoms with Crippen molar-refractivity contribution in [1.82, 2.24) is 14.6 Å². The highest BCUT2D eigenvalue weighted by Crippen LogP contribution is 2.36. The molecule has 3 heterocycles. The minimum absolute atomic E-state index is 0.181. The fraction of sp³-hybridized carbons (Fsp3) is 0.0400. The van der Waals surface area contributed by atoms with Crippen LogP contribution in [0.2, 0.25) is 0 Å². The maximum absolute atomic E-state index is 13.5. The molecule has 0 N–H and O–H groups in total. The number of anilines is 1. The molecule has 0 unspecified atom stereocenters. The summed E-state index contributed by atoms with van der Waals surface area (Å²) >= 11 is 1.20. The molecular weight excluding hydrogens is 420 g/mol. The largest absolute Gasteiger partial charge is 0.303 e. The van der Waals surface area contributed by atoms with Crippen molar-refractivity contribution >= 4 is 33.5 Å². The first-order valence-corrected chi connectivity index (χ1v) is 11.0. The third-order valence-electron chi connectivity index (χ3n) is 5.52. The van der Waals surface area contributed by atoms with E-state index in [-0.39, 0.29) is 11.5 Å². The lowest BCUT2D eigenvalue weighted by Gasteiger charge is -2.17. The van der Waals surface area contributed by atoms with Gasteiger partial charge in [0.15, 0.2) is 5.82 Å². The van der Waals surface area contributed by atoms with Crippen LogP contribution in [0.5, 0.6) is 0 Å². The summed E-state index contributed by atoms with van der Waals surface area (Å²) in [6.07, 6.45) is 0. The van der Waals surface area contributed by atoms with Crippen LogP contribution in [0.1, 0.15) is 11.1 Å². The fourth-order valence-corrected chi connectivity index (χ4v) is 5.02. The molecule has 7 heteroatoms. The van der Waals surface area contributed by atoms with Crippen molar-refractivity contribution in [2.24, 2.45) is 0 Å². The van der Waals surface area contributed by atoms with Crippen LogP contribution in [0, 0.1) is 0 Å². The van der Waals surface area contributed by atoms with Gasteiger partial charge < -0.3 is 4.90 Å². The van der Waals surface area contributed by atoms with Gasteiger partial charge in [-0.3, -0.25) is 9.59 Å². The number of benzene rings is 3. The van der Waals surface area contributed by atoms with Crippen molar-refractivity contribution in [2.45, 2.75) is 6.54 Å². The average molecular weight is 436 g/mol. The molecule has 1 aliphatic heterocycles. The molecule has 2 aromatic heterocycles. The Bertz CT molecular complexity index is 1590. The fourth-order valence-electron chi connectivity index (χ4n) is 4.02. The first kappa shape index (κ1) is 18.7. The molecule has 154 valence electrons. The second-order valence-electron chi connectivity index (χ2n) is 7.50. The van der Waals surface area contributed by atoms with E-state index in [2.05, 4.69) is 10.1 Å². The molecule has 6 nitrogen and oxygen atoms in total. The third kappa shape index (κ3) is 2.86. The molecule has 0 radical (unpaired) electrons. The quantitative estimate of drug-likeness (QED) is 0.435. The number of hydrogen-bond donors (Lipinski definition) is 0. The SMILES string of the molecule is O=C1/C(=c2\sc3nc(-c4ccccc4)nn3c2=O)c2ccccc2N1Cc1ccccc1. The minimum Gasteiger partial charge on any atom is -0.303 e. The predicted octanol–water partition coefficient (Wildman–Crippen LogP) is 3.28. The van der Waals surface area contributed by atoms with E-state index in [1.165, 1.54) is 15.9 Å². The number of nitrogens with zero attached hydrogens (tertiary/aromatic N) is 4. The van der Waals surface area contributed by atoms with Crippen LogP contribution in [-0.4, -0.2) is 20.5 Å². The van der Waals surface area contributed by atoms with Gasteiger partial charge in [-0.05, 0) is 11.6 Å². The Morgan fingerprint density at radius 2 is 1.50 bits per heavy atom. The molecule has 0 saturated carbocycles. The van der Waals surface area contributed by atoms with Gasteiger partial charge in [-0.25, -0.2) is 0 Å². The Hall–Kier alpha value is -4.10. The summed E-state index contributed by atoms with van der Waals surface area (Å²) in [4.78, 5) is 33.5. The van der Waals surface area contributed by atoms with Gasteiger partial charge in [-0.15, -0.1) is 5.10 Å². The van der Waals surface area contributed by atoms with Gasteiger partial charge in [0.25, 0.3) is 11.5 Å². The second-order valence-corrected chi connectivity index (χ2v) is 8.48. The Labute approximate surface area is 186 Å². The molecule has 5 aromatic rings. The van der Waals surface area contributed by atoms with Crippen LogP contribution >= 0.6 is 11.3 Å². The van der Waals surface area contributed by atoms with E-state index in [4.69, 9.17) is 0 Å². The summed E-state index contributed by atoms with van der Waals surface area (Å²) in [5, 5.41) is 4.41. The Kier molecular flexibility index (Phi) is 4.22. The van der Waals surface area contributed by atoms with Gasteiger partial charge in [0, 0.05) is 11.1 Å². The Morgan fingerprint density at radius 3 is 2.25 bits per heavy atom. The zero-order valence-electron chi connectivity index (χ0n) is 16.8. The van der Waals surface area contributed by atoms with Crippen LogP contribution in [0.3, 0.4) is 0 Å². The van der Waals surface area contributed by atoms with E-state index in [1.807, 2.05) is 84.9 Å². The first-order valence-electron chi connectivity index (χ1n) is 10.2. The molecular formula is C25H16N4O2S. The molecule has 32 heavy (non-hydrogen) atoms. The van der Waals surface area contributed by atoms with E-state index in [0.29, 0.717) is 27.4 Å². The smallest absolute Gasteiger partial charge is 0.291 e. The molecule has 6 rings (SSSR count). The van der Waals surface area contributed by atoms with E-state index >= 15 is 0 Å². The van der Waals surface area contributed by atoms with Gasteiger partial charge >= 0.3 is 0 Å². The highest BCUT2D eigenvalue weighted by atomic mass is 32.1. The van der Waals surface area contributed by atoms with E-state index in [9.17, 15) is 9.59 Å².